The summed E-state index contributed by atoms with van der Waals surface area (Å²) in [5.41, 5.74) is 2.52. The van der Waals surface area contributed by atoms with Crippen molar-refractivity contribution >= 4 is 45.6 Å². The van der Waals surface area contributed by atoms with E-state index in [9.17, 15) is 9.18 Å². The molecule has 0 spiro atoms. The fourth-order valence-electron chi connectivity index (χ4n) is 3.10. The third-order valence-electron chi connectivity index (χ3n) is 4.64. The highest BCUT2D eigenvalue weighted by Gasteiger charge is 2.13. The summed E-state index contributed by atoms with van der Waals surface area (Å²) >= 11 is 1.32. The van der Waals surface area contributed by atoms with E-state index in [1.54, 1.807) is 25.3 Å². The van der Waals surface area contributed by atoms with E-state index in [1.807, 2.05) is 43.1 Å². The summed E-state index contributed by atoms with van der Waals surface area (Å²) in [6.45, 7) is 3.83. The Hall–Kier alpha value is -3.92. The number of halogens is 1. The molecule has 2 N–H and O–H groups in total. The highest BCUT2D eigenvalue weighted by atomic mass is 32.1. The second-order valence-electron chi connectivity index (χ2n) is 7.40. The van der Waals surface area contributed by atoms with E-state index in [0.29, 0.717) is 28.5 Å². The Labute approximate surface area is 194 Å². The average Bonchev–Trinajstić information content (AvgIpc) is 3.19. The maximum atomic E-state index is 13.3. The zero-order valence-corrected chi connectivity index (χ0v) is 19.2. The summed E-state index contributed by atoms with van der Waals surface area (Å²) < 4.78 is 13.3. The Morgan fingerprint density at radius 1 is 1.09 bits per heavy atom. The lowest BCUT2D eigenvalue weighted by Crippen LogP contribution is -2.15. The van der Waals surface area contributed by atoms with Crippen LogP contribution < -0.4 is 15.5 Å². The molecule has 1 amide bonds. The van der Waals surface area contributed by atoms with Gasteiger partial charge in [-0.2, -0.15) is 15.0 Å². The Bertz CT molecular complexity index is 1290. The molecule has 0 fully saturated rings. The highest BCUT2D eigenvalue weighted by molar-refractivity contribution is 7.15. The lowest BCUT2D eigenvalue weighted by Gasteiger charge is -2.18. The van der Waals surface area contributed by atoms with Crippen molar-refractivity contribution < 1.29 is 9.18 Å². The van der Waals surface area contributed by atoms with Gasteiger partial charge < -0.3 is 10.2 Å². The minimum Gasteiger partial charge on any atom is -0.326 e. The van der Waals surface area contributed by atoms with Crippen LogP contribution in [0.1, 0.15) is 16.3 Å². The highest BCUT2D eigenvalue weighted by Crippen LogP contribution is 2.25. The smallest absolute Gasteiger partial charge is 0.234 e. The minimum atomic E-state index is -0.405. The number of hydrogen-bond acceptors (Lipinski definition) is 8. The van der Waals surface area contributed by atoms with Crippen LogP contribution in [0.25, 0.3) is 0 Å². The Morgan fingerprint density at radius 3 is 2.70 bits per heavy atom. The number of nitrogens with zero attached hydrogens (tertiary/aromatic N) is 5. The van der Waals surface area contributed by atoms with Gasteiger partial charge in [0.2, 0.25) is 17.8 Å². The molecule has 4 rings (SSSR count). The molecular weight excluding hydrogens is 441 g/mol. The van der Waals surface area contributed by atoms with Gasteiger partial charge in [0.1, 0.15) is 11.6 Å². The zero-order chi connectivity index (χ0) is 23.4. The quantitative estimate of drug-likeness (QED) is 0.407. The molecular formula is C23H22FN7OS. The fraction of sp³-hybridized carbons (Fsp3) is 0.174. The van der Waals surface area contributed by atoms with Gasteiger partial charge in [0.25, 0.3) is 0 Å². The third kappa shape index (κ3) is 5.86. The number of aromatic nitrogens is 4. The van der Waals surface area contributed by atoms with Crippen molar-refractivity contribution in [3.8, 4) is 0 Å². The molecule has 2 aromatic heterocycles. The molecule has 0 atom stereocenters. The summed E-state index contributed by atoms with van der Waals surface area (Å²) in [5, 5.41) is 6.32. The van der Waals surface area contributed by atoms with E-state index in [0.717, 1.165) is 16.1 Å². The lowest BCUT2D eigenvalue weighted by atomic mass is 10.2. The van der Waals surface area contributed by atoms with Crippen molar-refractivity contribution in [3.05, 3.63) is 76.8 Å². The van der Waals surface area contributed by atoms with Crippen LogP contribution in [-0.4, -0.2) is 32.9 Å². The number of aryl methyl sites for hydroxylation is 2. The Balaban J connectivity index is 1.44. The van der Waals surface area contributed by atoms with E-state index in [-0.39, 0.29) is 12.3 Å². The number of thiazole rings is 1. The van der Waals surface area contributed by atoms with Crippen LogP contribution >= 0.6 is 11.3 Å². The van der Waals surface area contributed by atoms with E-state index >= 15 is 0 Å². The molecule has 0 radical (unpaired) electrons. The molecule has 0 saturated heterocycles. The summed E-state index contributed by atoms with van der Waals surface area (Å²) in [4.78, 5) is 32.5. The van der Waals surface area contributed by atoms with Crippen molar-refractivity contribution in [1.82, 2.24) is 19.9 Å². The van der Waals surface area contributed by atoms with Gasteiger partial charge in [-0.3, -0.25) is 10.1 Å². The Kier molecular flexibility index (Phi) is 6.55. The number of anilines is 5. The molecule has 2 aromatic carbocycles. The molecule has 0 aliphatic carbocycles. The molecule has 33 heavy (non-hydrogen) atoms. The van der Waals surface area contributed by atoms with Crippen molar-refractivity contribution in [3.63, 3.8) is 0 Å². The van der Waals surface area contributed by atoms with Crippen LogP contribution in [0.2, 0.25) is 0 Å². The van der Waals surface area contributed by atoms with Crippen LogP contribution in [-0.2, 0) is 11.2 Å². The first-order valence-electron chi connectivity index (χ1n) is 10.2. The average molecular weight is 464 g/mol. The number of benzene rings is 2. The van der Waals surface area contributed by atoms with E-state index < -0.39 is 5.82 Å². The molecule has 0 saturated carbocycles. The number of rotatable bonds is 7. The first kappa shape index (κ1) is 22.3. The summed E-state index contributed by atoms with van der Waals surface area (Å²) in [5.74, 6) is 0.767. The molecule has 2 heterocycles. The number of hydrogen-bond donors (Lipinski definition) is 2. The van der Waals surface area contributed by atoms with Crippen molar-refractivity contribution in [1.29, 1.82) is 0 Å². The van der Waals surface area contributed by atoms with Gasteiger partial charge in [0, 0.05) is 29.5 Å². The van der Waals surface area contributed by atoms with Gasteiger partial charge in [0.05, 0.1) is 6.42 Å². The minimum absolute atomic E-state index is 0.118. The van der Waals surface area contributed by atoms with E-state index in [4.69, 9.17) is 0 Å². The maximum Gasteiger partial charge on any atom is 0.234 e. The van der Waals surface area contributed by atoms with Crippen LogP contribution in [0.5, 0.6) is 0 Å². The first-order chi connectivity index (χ1) is 15.9. The summed E-state index contributed by atoms with van der Waals surface area (Å²) in [7, 11) is 1.89. The normalized spacial score (nSPS) is 10.7. The molecule has 0 aliphatic heterocycles. The second kappa shape index (κ2) is 9.70. The van der Waals surface area contributed by atoms with Crippen LogP contribution in [0.15, 0.2) is 54.7 Å². The van der Waals surface area contributed by atoms with E-state index in [2.05, 4.69) is 30.6 Å². The van der Waals surface area contributed by atoms with Crippen LogP contribution in [0.4, 0.5) is 32.8 Å². The molecule has 168 valence electrons. The molecule has 0 bridgehead atoms. The standard InChI is InChI=1S/C23H22FN7OS/c1-14-6-4-9-18(10-14)31(3)22-27-15(2)26-21(29-22)30-23-25-13-19(33-23)12-20(32)28-17-8-5-7-16(24)11-17/h4-11,13H,12H2,1-3H3,(H,28,32)(H,25,26,27,29,30). The van der Waals surface area contributed by atoms with Gasteiger partial charge in [-0.25, -0.2) is 9.37 Å². The van der Waals surface area contributed by atoms with Crippen LogP contribution in [0.3, 0.4) is 0 Å². The maximum absolute atomic E-state index is 13.3. The topological polar surface area (TPSA) is 95.9 Å². The third-order valence-corrected chi connectivity index (χ3v) is 5.55. The number of nitrogens with one attached hydrogen (secondary N) is 2. The van der Waals surface area contributed by atoms with Gasteiger partial charge >= 0.3 is 0 Å². The lowest BCUT2D eigenvalue weighted by molar-refractivity contribution is -0.115. The predicted octanol–water partition coefficient (Wildman–Crippen LogP) is 4.78. The summed E-state index contributed by atoms with van der Waals surface area (Å²) in [6, 6.07) is 13.8. The largest absolute Gasteiger partial charge is 0.326 e. The SMILES string of the molecule is Cc1cccc(N(C)c2nc(C)nc(Nc3ncc(CC(=O)Nc4cccc(F)c4)s3)n2)c1. The number of carbonyl (C=O) groups is 1. The van der Waals surface area contributed by atoms with Gasteiger partial charge in [-0.1, -0.05) is 18.2 Å². The predicted molar refractivity (Wildman–Crippen MR) is 128 cm³/mol. The molecule has 10 heteroatoms. The fourth-order valence-corrected chi connectivity index (χ4v) is 3.90. The van der Waals surface area contributed by atoms with Gasteiger partial charge in [-0.05, 0) is 49.7 Å². The van der Waals surface area contributed by atoms with Crippen molar-refractivity contribution in [2.24, 2.45) is 0 Å². The number of carbonyl (C=O) groups excluding carboxylic acids is 1. The zero-order valence-electron chi connectivity index (χ0n) is 18.3. The van der Waals surface area contributed by atoms with Crippen molar-refractivity contribution in [2.45, 2.75) is 20.3 Å². The van der Waals surface area contributed by atoms with Gasteiger partial charge in [-0.15, -0.1) is 11.3 Å². The monoisotopic (exact) mass is 463 g/mol. The molecule has 0 unspecified atom stereocenters. The van der Waals surface area contributed by atoms with E-state index in [1.165, 1.54) is 23.5 Å². The molecule has 0 aliphatic rings. The first-order valence-corrected chi connectivity index (χ1v) is 11.0. The molecule has 8 nitrogen and oxygen atoms in total. The number of amides is 1. The summed E-state index contributed by atoms with van der Waals surface area (Å²) in [6.07, 6.45) is 1.74. The van der Waals surface area contributed by atoms with Crippen molar-refractivity contribution in [2.75, 3.05) is 22.6 Å². The van der Waals surface area contributed by atoms with Crippen LogP contribution in [0, 0.1) is 19.7 Å². The Morgan fingerprint density at radius 2 is 1.91 bits per heavy atom. The molecule has 4 aromatic rings. The second-order valence-corrected chi connectivity index (χ2v) is 8.51. The van der Waals surface area contributed by atoms with Gasteiger partial charge in [0.15, 0.2) is 5.13 Å².